The maximum absolute atomic E-state index is 12.7. The van der Waals surface area contributed by atoms with Gasteiger partial charge in [-0.25, -0.2) is 8.42 Å². The van der Waals surface area contributed by atoms with E-state index in [-0.39, 0.29) is 23.5 Å². The second-order valence-electron chi connectivity index (χ2n) is 7.25. The Kier molecular flexibility index (Phi) is 4.78. The Morgan fingerprint density at radius 1 is 1.14 bits per heavy atom. The van der Waals surface area contributed by atoms with E-state index < -0.39 is 9.84 Å². The van der Waals surface area contributed by atoms with Crippen molar-refractivity contribution in [1.29, 1.82) is 0 Å². The van der Waals surface area contributed by atoms with E-state index in [2.05, 4.69) is 10.4 Å². The molecule has 4 rings (SSSR count). The number of nitrogens with zero attached hydrogens (tertiary/aromatic N) is 2. The fourth-order valence-corrected chi connectivity index (χ4v) is 5.27. The van der Waals surface area contributed by atoms with Crippen LogP contribution in [0.5, 0.6) is 11.5 Å². The van der Waals surface area contributed by atoms with E-state index >= 15 is 0 Å². The van der Waals surface area contributed by atoms with Crippen LogP contribution in [0.2, 0.25) is 0 Å². The molecule has 0 bridgehead atoms. The van der Waals surface area contributed by atoms with Crippen LogP contribution in [0.3, 0.4) is 0 Å². The fraction of sp³-hybridized carbons (Fsp3) is 0.474. The lowest BCUT2D eigenvalue weighted by Crippen LogP contribution is -2.17. The van der Waals surface area contributed by atoms with Gasteiger partial charge in [0.15, 0.2) is 27.0 Å². The second kappa shape index (κ2) is 7.12. The average Bonchev–Trinajstić information content (AvgIpc) is 3.32. The summed E-state index contributed by atoms with van der Waals surface area (Å²) in [6.07, 6.45) is 2.63. The summed E-state index contributed by atoms with van der Waals surface area (Å²) in [4.78, 5) is 12.7. The standard InChI is InChI=1S/C19H23N3O5S/c1-26-17-6-5-13(9-18(17)27-2)20-19(23)15-10-16(12-3-4-12)22(21-15)14-7-8-28(24,25)11-14/h5-6,9-10,12,14H,3-4,7-8,11H2,1-2H3,(H,20,23). The zero-order chi connectivity index (χ0) is 19.9. The van der Waals surface area contributed by atoms with Crippen LogP contribution < -0.4 is 14.8 Å². The van der Waals surface area contributed by atoms with Crippen LogP contribution >= 0.6 is 0 Å². The van der Waals surface area contributed by atoms with E-state index in [1.54, 1.807) is 36.1 Å². The van der Waals surface area contributed by atoms with Gasteiger partial charge in [0.1, 0.15) is 0 Å². The number of sulfone groups is 1. The summed E-state index contributed by atoms with van der Waals surface area (Å²) in [6, 6.07) is 6.72. The molecule has 2 heterocycles. The van der Waals surface area contributed by atoms with Crippen LogP contribution in [-0.4, -0.2) is 49.8 Å². The maximum atomic E-state index is 12.7. The van der Waals surface area contributed by atoms with Crippen LogP contribution in [0.4, 0.5) is 5.69 Å². The molecule has 1 aromatic carbocycles. The van der Waals surface area contributed by atoms with Crippen molar-refractivity contribution in [1.82, 2.24) is 9.78 Å². The topological polar surface area (TPSA) is 99.5 Å². The lowest BCUT2D eigenvalue weighted by atomic mass is 10.2. The lowest BCUT2D eigenvalue weighted by molar-refractivity contribution is 0.102. The molecule has 2 aromatic rings. The van der Waals surface area contributed by atoms with Gasteiger partial charge in [-0.2, -0.15) is 5.10 Å². The number of hydrogen-bond donors (Lipinski definition) is 1. The highest BCUT2D eigenvalue weighted by molar-refractivity contribution is 7.91. The largest absolute Gasteiger partial charge is 0.493 e. The summed E-state index contributed by atoms with van der Waals surface area (Å²) >= 11 is 0. The summed E-state index contributed by atoms with van der Waals surface area (Å²) in [6.45, 7) is 0. The molecule has 1 saturated heterocycles. The number of methoxy groups -OCH3 is 2. The van der Waals surface area contributed by atoms with Crippen molar-refractivity contribution >= 4 is 21.4 Å². The molecule has 2 aliphatic rings. The smallest absolute Gasteiger partial charge is 0.276 e. The van der Waals surface area contributed by atoms with Crippen LogP contribution in [0, 0.1) is 0 Å². The fourth-order valence-electron chi connectivity index (χ4n) is 3.57. The summed E-state index contributed by atoms with van der Waals surface area (Å²) in [7, 11) is 0.0508. The molecule has 0 radical (unpaired) electrons. The van der Waals surface area contributed by atoms with E-state index in [0.717, 1.165) is 18.5 Å². The van der Waals surface area contributed by atoms with Gasteiger partial charge >= 0.3 is 0 Å². The number of amides is 1. The van der Waals surface area contributed by atoms with E-state index in [1.807, 2.05) is 0 Å². The molecule has 1 aliphatic carbocycles. The summed E-state index contributed by atoms with van der Waals surface area (Å²) in [5.41, 5.74) is 1.81. The normalized spacial score (nSPS) is 20.7. The van der Waals surface area contributed by atoms with Gasteiger partial charge in [0.25, 0.3) is 5.91 Å². The molecular formula is C19H23N3O5S. The minimum atomic E-state index is -3.03. The van der Waals surface area contributed by atoms with Crippen molar-refractivity contribution in [2.45, 2.75) is 31.2 Å². The third kappa shape index (κ3) is 3.71. The van der Waals surface area contributed by atoms with Crippen LogP contribution in [0.15, 0.2) is 24.3 Å². The van der Waals surface area contributed by atoms with Gasteiger partial charge in [0.2, 0.25) is 0 Å². The molecular weight excluding hydrogens is 382 g/mol. The third-order valence-corrected chi connectivity index (χ3v) is 6.94. The van der Waals surface area contributed by atoms with Gasteiger partial charge in [0.05, 0.1) is 31.8 Å². The number of ether oxygens (including phenoxy) is 2. The first-order valence-electron chi connectivity index (χ1n) is 9.23. The Hall–Kier alpha value is -2.55. The third-order valence-electron chi connectivity index (χ3n) is 5.19. The molecule has 150 valence electrons. The molecule has 1 aliphatic heterocycles. The summed E-state index contributed by atoms with van der Waals surface area (Å²) in [5.74, 6) is 1.37. The van der Waals surface area contributed by atoms with E-state index in [1.165, 1.54) is 7.11 Å². The van der Waals surface area contributed by atoms with E-state index in [9.17, 15) is 13.2 Å². The SMILES string of the molecule is COc1ccc(NC(=O)c2cc(C3CC3)n(C3CCS(=O)(=O)C3)n2)cc1OC. The Morgan fingerprint density at radius 3 is 2.50 bits per heavy atom. The number of nitrogens with one attached hydrogen (secondary N) is 1. The Balaban J connectivity index is 1.57. The number of hydrogen-bond acceptors (Lipinski definition) is 6. The van der Waals surface area contributed by atoms with Gasteiger partial charge in [-0.05, 0) is 37.5 Å². The van der Waals surface area contributed by atoms with Crippen molar-refractivity contribution in [3.05, 3.63) is 35.7 Å². The second-order valence-corrected chi connectivity index (χ2v) is 9.48. The molecule has 2 fully saturated rings. The maximum Gasteiger partial charge on any atom is 0.276 e. The molecule has 1 N–H and O–H groups in total. The Labute approximate surface area is 163 Å². The van der Waals surface area contributed by atoms with E-state index in [4.69, 9.17) is 9.47 Å². The number of anilines is 1. The zero-order valence-electron chi connectivity index (χ0n) is 15.8. The highest BCUT2D eigenvalue weighted by Gasteiger charge is 2.36. The van der Waals surface area contributed by atoms with Crippen molar-refractivity contribution < 1.29 is 22.7 Å². The zero-order valence-corrected chi connectivity index (χ0v) is 16.7. The van der Waals surface area contributed by atoms with Crippen LogP contribution in [0.1, 0.15) is 47.4 Å². The number of aromatic nitrogens is 2. The Morgan fingerprint density at radius 2 is 1.89 bits per heavy atom. The lowest BCUT2D eigenvalue weighted by Gasteiger charge is -2.12. The minimum Gasteiger partial charge on any atom is -0.493 e. The van der Waals surface area contributed by atoms with Crippen molar-refractivity contribution in [3.8, 4) is 11.5 Å². The van der Waals surface area contributed by atoms with Crippen molar-refractivity contribution in [2.24, 2.45) is 0 Å². The molecule has 1 atom stereocenters. The molecule has 9 heteroatoms. The summed E-state index contributed by atoms with van der Waals surface area (Å²) in [5, 5.41) is 7.30. The predicted octanol–water partition coefficient (Wildman–Crippen LogP) is 2.39. The van der Waals surface area contributed by atoms with Crippen LogP contribution in [0.25, 0.3) is 0 Å². The molecule has 28 heavy (non-hydrogen) atoms. The quantitative estimate of drug-likeness (QED) is 0.792. The van der Waals surface area contributed by atoms with E-state index in [0.29, 0.717) is 35.2 Å². The predicted molar refractivity (Wildman–Crippen MR) is 104 cm³/mol. The molecule has 1 amide bonds. The number of carbonyl (C=O) groups is 1. The summed E-state index contributed by atoms with van der Waals surface area (Å²) < 4.78 is 36.0. The van der Waals surface area contributed by atoms with Crippen LogP contribution in [-0.2, 0) is 9.84 Å². The van der Waals surface area contributed by atoms with Crippen molar-refractivity contribution in [2.75, 3.05) is 31.0 Å². The molecule has 0 spiro atoms. The van der Waals surface area contributed by atoms with Gasteiger partial charge in [-0.3, -0.25) is 9.48 Å². The number of rotatable bonds is 6. The van der Waals surface area contributed by atoms with Crippen molar-refractivity contribution in [3.63, 3.8) is 0 Å². The molecule has 1 saturated carbocycles. The monoisotopic (exact) mass is 405 g/mol. The minimum absolute atomic E-state index is 0.0884. The molecule has 1 aromatic heterocycles. The Bertz CT molecular complexity index is 1010. The highest BCUT2D eigenvalue weighted by atomic mass is 32.2. The van der Waals surface area contributed by atoms with Gasteiger partial charge in [-0.1, -0.05) is 0 Å². The van der Waals surface area contributed by atoms with Gasteiger partial charge < -0.3 is 14.8 Å². The molecule has 1 unspecified atom stereocenters. The first kappa shape index (κ1) is 18.8. The number of carbonyl (C=O) groups excluding carboxylic acids is 1. The average molecular weight is 405 g/mol. The molecule has 8 nitrogen and oxygen atoms in total. The number of benzene rings is 1. The highest BCUT2D eigenvalue weighted by Crippen LogP contribution is 2.42. The first-order valence-corrected chi connectivity index (χ1v) is 11.1. The van der Waals surface area contributed by atoms with Gasteiger partial charge in [-0.15, -0.1) is 0 Å². The first-order chi connectivity index (χ1) is 13.4. The van der Waals surface area contributed by atoms with Gasteiger partial charge in [0, 0.05) is 23.4 Å².